The molecule has 0 amide bonds. The first kappa shape index (κ1) is 15.9. The van der Waals surface area contributed by atoms with E-state index in [1.54, 1.807) is 14.2 Å². The summed E-state index contributed by atoms with van der Waals surface area (Å²) in [6, 6.07) is 5.88. The minimum Gasteiger partial charge on any atom is -0.496 e. The Morgan fingerprint density at radius 2 is 1.86 bits per heavy atom. The maximum absolute atomic E-state index is 5.94. The highest BCUT2D eigenvalue weighted by Gasteiger charge is 2.25. The monoisotopic (exact) mass is 295 g/mol. The summed E-state index contributed by atoms with van der Waals surface area (Å²) in [7, 11) is 3.27. The van der Waals surface area contributed by atoms with Gasteiger partial charge >= 0.3 is 0 Å². The molecule has 2 rings (SSSR count). The van der Waals surface area contributed by atoms with Gasteiger partial charge in [0.05, 0.1) is 20.8 Å². The molecule has 0 saturated carbocycles. The molecule has 1 aromatic carbocycles. The Hall–Kier alpha value is -1.46. The van der Waals surface area contributed by atoms with Crippen LogP contribution in [0.1, 0.15) is 13.3 Å². The Kier molecular flexibility index (Phi) is 6.14. The molecule has 5 nitrogen and oxygen atoms in total. The Morgan fingerprint density at radius 1 is 1.19 bits per heavy atom. The molecular weight excluding hydrogens is 270 g/mol. The summed E-state index contributed by atoms with van der Waals surface area (Å²) in [5.74, 6) is 2.73. The molecule has 1 fully saturated rings. The van der Waals surface area contributed by atoms with E-state index in [1.165, 1.54) is 0 Å². The number of nitrogens with one attached hydrogen (secondary N) is 1. The molecule has 21 heavy (non-hydrogen) atoms. The highest BCUT2D eigenvalue weighted by molar-refractivity contribution is 5.42. The lowest BCUT2D eigenvalue weighted by Crippen LogP contribution is -2.41. The number of methoxy groups -OCH3 is 2. The van der Waals surface area contributed by atoms with Crippen molar-refractivity contribution >= 4 is 0 Å². The van der Waals surface area contributed by atoms with Crippen molar-refractivity contribution in [2.75, 3.05) is 40.6 Å². The van der Waals surface area contributed by atoms with Crippen LogP contribution >= 0.6 is 0 Å². The highest BCUT2D eigenvalue weighted by atomic mass is 16.5. The van der Waals surface area contributed by atoms with Crippen molar-refractivity contribution in [3.05, 3.63) is 18.2 Å². The quantitative estimate of drug-likeness (QED) is 0.796. The summed E-state index contributed by atoms with van der Waals surface area (Å²) in [4.78, 5) is 0. The standard InChI is InChI=1S/C16H25NO4/c1-4-17-16(12-5-6-20-10-12)11-21-15-8-13(18-2)7-14(9-15)19-3/h7-9,12,16-17H,4-6,10-11H2,1-3H3. The molecule has 1 saturated heterocycles. The number of benzene rings is 1. The molecule has 0 spiro atoms. The molecule has 0 aromatic heterocycles. The van der Waals surface area contributed by atoms with Crippen LogP contribution in [-0.2, 0) is 4.74 Å². The van der Waals surface area contributed by atoms with E-state index in [-0.39, 0.29) is 0 Å². The fraction of sp³-hybridized carbons (Fsp3) is 0.625. The zero-order valence-electron chi connectivity index (χ0n) is 13.1. The molecule has 0 aliphatic carbocycles. The number of likely N-dealkylation sites (N-methyl/N-ethyl adjacent to an activating group) is 1. The summed E-state index contributed by atoms with van der Waals surface area (Å²) in [6.07, 6.45) is 1.09. The van der Waals surface area contributed by atoms with Crippen molar-refractivity contribution in [1.29, 1.82) is 0 Å². The summed E-state index contributed by atoms with van der Waals surface area (Å²) >= 11 is 0. The van der Waals surface area contributed by atoms with Gasteiger partial charge in [-0.05, 0) is 13.0 Å². The smallest absolute Gasteiger partial charge is 0.126 e. The van der Waals surface area contributed by atoms with Crippen LogP contribution in [0.4, 0.5) is 0 Å². The second-order valence-corrected chi connectivity index (χ2v) is 5.15. The van der Waals surface area contributed by atoms with Gasteiger partial charge in [-0.1, -0.05) is 6.92 Å². The fourth-order valence-electron chi connectivity index (χ4n) is 2.54. The molecule has 118 valence electrons. The Bertz CT molecular complexity index is 410. The maximum atomic E-state index is 5.94. The lowest BCUT2D eigenvalue weighted by Gasteiger charge is -2.23. The molecule has 5 heteroatoms. The molecule has 1 aromatic rings. The molecule has 0 radical (unpaired) electrons. The van der Waals surface area contributed by atoms with Crippen LogP contribution in [0, 0.1) is 5.92 Å². The zero-order valence-corrected chi connectivity index (χ0v) is 13.1. The third kappa shape index (κ3) is 4.51. The van der Waals surface area contributed by atoms with Crippen molar-refractivity contribution < 1.29 is 18.9 Å². The van der Waals surface area contributed by atoms with E-state index in [0.717, 1.165) is 43.4 Å². The van der Waals surface area contributed by atoms with Gasteiger partial charge in [0, 0.05) is 36.8 Å². The van der Waals surface area contributed by atoms with Crippen LogP contribution in [0.3, 0.4) is 0 Å². The summed E-state index contributed by atoms with van der Waals surface area (Å²) in [6.45, 7) is 5.30. The lowest BCUT2D eigenvalue weighted by molar-refractivity contribution is 0.160. The number of hydrogen-bond acceptors (Lipinski definition) is 5. The Morgan fingerprint density at radius 3 is 2.38 bits per heavy atom. The van der Waals surface area contributed by atoms with Gasteiger partial charge in [0.25, 0.3) is 0 Å². The van der Waals surface area contributed by atoms with E-state index in [2.05, 4.69) is 12.2 Å². The summed E-state index contributed by atoms with van der Waals surface area (Å²) < 4.78 is 21.9. The third-order valence-electron chi connectivity index (χ3n) is 3.75. The van der Waals surface area contributed by atoms with Gasteiger partial charge in [0.2, 0.25) is 0 Å². The predicted octanol–water partition coefficient (Wildman–Crippen LogP) is 2.10. The second kappa shape index (κ2) is 8.10. The Balaban J connectivity index is 1.99. The van der Waals surface area contributed by atoms with Gasteiger partial charge in [-0.3, -0.25) is 0 Å². The minimum atomic E-state index is 0.301. The van der Waals surface area contributed by atoms with Crippen LogP contribution in [0.2, 0.25) is 0 Å². The van der Waals surface area contributed by atoms with Gasteiger partial charge < -0.3 is 24.3 Å². The first-order valence-corrected chi connectivity index (χ1v) is 7.43. The number of rotatable bonds is 8. The average molecular weight is 295 g/mol. The molecule has 1 heterocycles. The zero-order chi connectivity index (χ0) is 15.1. The van der Waals surface area contributed by atoms with Crippen LogP contribution in [0.5, 0.6) is 17.2 Å². The van der Waals surface area contributed by atoms with E-state index in [0.29, 0.717) is 18.6 Å². The van der Waals surface area contributed by atoms with E-state index in [1.807, 2.05) is 18.2 Å². The van der Waals surface area contributed by atoms with Crippen molar-refractivity contribution in [1.82, 2.24) is 5.32 Å². The van der Waals surface area contributed by atoms with E-state index in [9.17, 15) is 0 Å². The van der Waals surface area contributed by atoms with E-state index < -0.39 is 0 Å². The van der Waals surface area contributed by atoms with Crippen LogP contribution in [0.25, 0.3) is 0 Å². The molecule has 0 bridgehead atoms. The van der Waals surface area contributed by atoms with Gasteiger partial charge in [-0.25, -0.2) is 0 Å². The largest absolute Gasteiger partial charge is 0.496 e. The summed E-state index contributed by atoms with van der Waals surface area (Å²) in [5.41, 5.74) is 0. The van der Waals surface area contributed by atoms with Gasteiger partial charge in [0.1, 0.15) is 23.9 Å². The van der Waals surface area contributed by atoms with Crippen molar-refractivity contribution in [2.45, 2.75) is 19.4 Å². The van der Waals surface area contributed by atoms with Crippen LogP contribution in [-0.4, -0.2) is 46.6 Å². The molecule has 1 aliphatic rings. The van der Waals surface area contributed by atoms with Crippen LogP contribution < -0.4 is 19.5 Å². The van der Waals surface area contributed by atoms with Gasteiger partial charge in [-0.2, -0.15) is 0 Å². The topological polar surface area (TPSA) is 49.0 Å². The van der Waals surface area contributed by atoms with Crippen molar-refractivity contribution in [3.8, 4) is 17.2 Å². The SMILES string of the molecule is CCNC(COc1cc(OC)cc(OC)c1)C1CCOC1. The van der Waals surface area contributed by atoms with Gasteiger partial charge in [0.15, 0.2) is 0 Å². The average Bonchev–Trinajstić information content (AvgIpc) is 3.05. The first-order chi connectivity index (χ1) is 10.3. The number of hydrogen-bond donors (Lipinski definition) is 1. The molecule has 1 aliphatic heterocycles. The molecule has 2 atom stereocenters. The fourth-order valence-corrected chi connectivity index (χ4v) is 2.54. The van der Waals surface area contributed by atoms with Crippen molar-refractivity contribution in [3.63, 3.8) is 0 Å². The van der Waals surface area contributed by atoms with Crippen LogP contribution in [0.15, 0.2) is 18.2 Å². The number of ether oxygens (including phenoxy) is 4. The van der Waals surface area contributed by atoms with Gasteiger partial charge in [-0.15, -0.1) is 0 Å². The van der Waals surface area contributed by atoms with E-state index in [4.69, 9.17) is 18.9 Å². The molecule has 1 N–H and O–H groups in total. The lowest BCUT2D eigenvalue weighted by atomic mass is 10.00. The highest BCUT2D eigenvalue weighted by Crippen LogP contribution is 2.28. The maximum Gasteiger partial charge on any atom is 0.126 e. The second-order valence-electron chi connectivity index (χ2n) is 5.15. The summed E-state index contributed by atoms with van der Waals surface area (Å²) in [5, 5.41) is 3.48. The Labute approximate surface area is 126 Å². The van der Waals surface area contributed by atoms with Crippen molar-refractivity contribution in [2.24, 2.45) is 5.92 Å². The predicted molar refractivity (Wildman–Crippen MR) is 81.4 cm³/mol. The molecular formula is C16H25NO4. The normalized spacial score (nSPS) is 19.3. The third-order valence-corrected chi connectivity index (χ3v) is 3.75. The molecule has 2 unspecified atom stereocenters. The van der Waals surface area contributed by atoms with E-state index >= 15 is 0 Å². The first-order valence-electron chi connectivity index (χ1n) is 7.43. The minimum absolute atomic E-state index is 0.301.